The molecule has 3 rings (SSSR count). The summed E-state index contributed by atoms with van der Waals surface area (Å²) in [5.41, 5.74) is 2.18. The van der Waals surface area contributed by atoms with Crippen LogP contribution in [0.25, 0.3) is 11.3 Å². The molecule has 1 N–H and O–H groups in total. The highest BCUT2D eigenvalue weighted by Gasteiger charge is 2.12. The SMILES string of the molecule is CCOc1ccc(C(=O)Nc2nc(-c3ccc(OC)c(OC)c3)cs2)cc1. The molecule has 0 aliphatic heterocycles. The van der Waals surface area contributed by atoms with E-state index in [0.29, 0.717) is 28.8 Å². The smallest absolute Gasteiger partial charge is 0.257 e. The van der Waals surface area contributed by atoms with Gasteiger partial charge in [0.2, 0.25) is 0 Å². The summed E-state index contributed by atoms with van der Waals surface area (Å²) < 4.78 is 16.0. The summed E-state index contributed by atoms with van der Waals surface area (Å²) in [5, 5.41) is 5.23. The molecule has 3 aromatic rings. The van der Waals surface area contributed by atoms with E-state index in [1.165, 1.54) is 11.3 Å². The van der Waals surface area contributed by atoms with Gasteiger partial charge in [-0.25, -0.2) is 4.98 Å². The van der Waals surface area contributed by atoms with E-state index in [4.69, 9.17) is 14.2 Å². The Morgan fingerprint density at radius 1 is 1.07 bits per heavy atom. The molecule has 6 nitrogen and oxygen atoms in total. The van der Waals surface area contributed by atoms with Crippen LogP contribution in [0.15, 0.2) is 47.8 Å². The quantitative estimate of drug-likeness (QED) is 0.650. The number of anilines is 1. The number of aromatic nitrogens is 1. The predicted octanol–water partition coefficient (Wildman–Crippen LogP) is 4.48. The van der Waals surface area contributed by atoms with E-state index in [1.807, 2.05) is 30.5 Å². The van der Waals surface area contributed by atoms with Crippen molar-refractivity contribution < 1.29 is 19.0 Å². The monoisotopic (exact) mass is 384 g/mol. The fraction of sp³-hybridized carbons (Fsp3) is 0.200. The number of hydrogen-bond donors (Lipinski definition) is 1. The summed E-state index contributed by atoms with van der Waals surface area (Å²) >= 11 is 1.36. The predicted molar refractivity (Wildman–Crippen MR) is 106 cm³/mol. The van der Waals surface area contributed by atoms with E-state index in [9.17, 15) is 4.79 Å². The molecule has 0 atom stereocenters. The van der Waals surface area contributed by atoms with Gasteiger partial charge in [0.05, 0.1) is 26.5 Å². The van der Waals surface area contributed by atoms with Crippen LogP contribution in [0.5, 0.6) is 17.2 Å². The number of nitrogens with one attached hydrogen (secondary N) is 1. The van der Waals surface area contributed by atoms with Gasteiger partial charge >= 0.3 is 0 Å². The van der Waals surface area contributed by atoms with Crippen molar-refractivity contribution in [3.63, 3.8) is 0 Å². The Balaban J connectivity index is 1.73. The third-order valence-corrected chi connectivity index (χ3v) is 4.59. The second-order valence-electron chi connectivity index (χ2n) is 5.52. The number of rotatable bonds is 7. The first-order valence-electron chi connectivity index (χ1n) is 8.36. The first-order valence-corrected chi connectivity index (χ1v) is 9.24. The lowest BCUT2D eigenvalue weighted by Crippen LogP contribution is -2.11. The minimum absolute atomic E-state index is 0.216. The molecule has 1 amide bonds. The van der Waals surface area contributed by atoms with Crippen LogP contribution in [0.1, 0.15) is 17.3 Å². The van der Waals surface area contributed by atoms with Crippen LogP contribution >= 0.6 is 11.3 Å². The van der Waals surface area contributed by atoms with Crippen molar-refractivity contribution in [2.75, 3.05) is 26.1 Å². The van der Waals surface area contributed by atoms with Gasteiger partial charge in [-0.1, -0.05) is 0 Å². The molecule has 0 unspecified atom stereocenters. The third-order valence-electron chi connectivity index (χ3n) is 3.83. The molecular weight excluding hydrogens is 364 g/mol. The van der Waals surface area contributed by atoms with Crippen molar-refractivity contribution in [2.24, 2.45) is 0 Å². The molecule has 0 aliphatic rings. The lowest BCUT2D eigenvalue weighted by Gasteiger charge is -2.08. The Morgan fingerprint density at radius 2 is 1.81 bits per heavy atom. The summed E-state index contributed by atoms with van der Waals surface area (Å²) in [4.78, 5) is 16.9. The van der Waals surface area contributed by atoms with Crippen molar-refractivity contribution in [1.29, 1.82) is 0 Å². The van der Waals surface area contributed by atoms with Gasteiger partial charge in [-0.05, 0) is 49.4 Å². The largest absolute Gasteiger partial charge is 0.494 e. The number of nitrogens with zero attached hydrogens (tertiary/aromatic N) is 1. The molecule has 2 aromatic carbocycles. The normalized spacial score (nSPS) is 10.3. The highest BCUT2D eigenvalue weighted by atomic mass is 32.1. The highest BCUT2D eigenvalue weighted by molar-refractivity contribution is 7.14. The standard InChI is InChI=1S/C20H20N2O4S/c1-4-26-15-8-5-13(6-9-15)19(23)22-20-21-16(12-27-20)14-7-10-17(24-2)18(11-14)25-3/h5-12H,4H2,1-3H3,(H,21,22,23). The Bertz CT molecular complexity index is 922. The van der Waals surface area contributed by atoms with Crippen molar-refractivity contribution in [3.05, 3.63) is 53.4 Å². The summed E-state index contributed by atoms with van der Waals surface area (Å²) in [6, 6.07) is 12.6. The number of amides is 1. The number of ether oxygens (including phenoxy) is 3. The summed E-state index contributed by atoms with van der Waals surface area (Å²) in [6.07, 6.45) is 0. The molecule has 0 aliphatic carbocycles. The van der Waals surface area contributed by atoms with Gasteiger partial charge in [0.1, 0.15) is 5.75 Å². The Labute approximate surface area is 161 Å². The van der Waals surface area contributed by atoms with Gasteiger partial charge in [0.25, 0.3) is 5.91 Å². The molecule has 0 bridgehead atoms. The Kier molecular flexibility index (Phi) is 5.93. The van der Waals surface area contributed by atoms with Crippen LogP contribution in [0, 0.1) is 0 Å². The van der Waals surface area contributed by atoms with E-state index >= 15 is 0 Å². The van der Waals surface area contributed by atoms with Gasteiger partial charge in [0, 0.05) is 16.5 Å². The number of benzene rings is 2. The van der Waals surface area contributed by atoms with Gasteiger partial charge in [0.15, 0.2) is 16.6 Å². The lowest BCUT2D eigenvalue weighted by atomic mass is 10.1. The van der Waals surface area contributed by atoms with Crippen molar-refractivity contribution in [3.8, 4) is 28.5 Å². The Morgan fingerprint density at radius 3 is 2.48 bits per heavy atom. The van der Waals surface area contributed by atoms with E-state index in [-0.39, 0.29) is 5.91 Å². The molecule has 0 radical (unpaired) electrons. The van der Waals surface area contributed by atoms with Crippen LogP contribution < -0.4 is 19.5 Å². The second-order valence-corrected chi connectivity index (χ2v) is 6.38. The van der Waals surface area contributed by atoms with Crippen molar-refractivity contribution >= 4 is 22.4 Å². The minimum atomic E-state index is -0.216. The molecule has 7 heteroatoms. The molecule has 140 valence electrons. The van der Waals surface area contributed by atoms with Gasteiger partial charge in [-0.15, -0.1) is 11.3 Å². The fourth-order valence-corrected chi connectivity index (χ4v) is 3.21. The van der Waals surface area contributed by atoms with E-state index < -0.39 is 0 Å². The molecule has 0 fully saturated rings. The molecule has 1 heterocycles. The average molecular weight is 384 g/mol. The van der Waals surface area contributed by atoms with Crippen molar-refractivity contribution in [1.82, 2.24) is 4.98 Å². The number of carbonyl (C=O) groups excluding carboxylic acids is 1. The van der Waals surface area contributed by atoms with Crippen LogP contribution in [0.3, 0.4) is 0 Å². The highest BCUT2D eigenvalue weighted by Crippen LogP contribution is 2.33. The van der Waals surface area contributed by atoms with Crippen LogP contribution in [0.4, 0.5) is 5.13 Å². The number of thiazole rings is 1. The maximum Gasteiger partial charge on any atom is 0.257 e. The van der Waals surface area contributed by atoms with E-state index in [0.717, 1.165) is 17.0 Å². The first kappa shape index (κ1) is 18.7. The first-order chi connectivity index (χ1) is 13.1. The zero-order valence-corrected chi connectivity index (χ0v) is 16.1. The molecule has 0 saturated carbocycles. The minimum Gasteiger partial charge on any atom is -0.494 e. The van der Waals surface area contributed by atoms with Gasteiger partial charge in [-0.3, -0.25) is 10.1 Å². The van der Waals surface area contributed by atoms with Crippen molar-refractivity contribution in [2.45, 2.75) is 6.92 Å². The Hall–Kier alpha value is -3.06. The van der Waals surface area contributed by atoms with Crippen LogP contribution in [-0.4, -0.2) is 31.7 Å². The molecule has 0 spiro atoms. The maximum atomic E-state index is 12.4. The molecular formula is C20H20N2O4S. The second kappa shape index (κ2) is 8.55. The zero-order valence-electron chi connectivity index (χ0n) is 15.3. The zero-order chi connectivity index (χ0) is 19.2. The summed E-state index contributed by atoms with van der Waals surface area (Å²) in [6.45, 7) is 2.50. The molecule has 1 aromatic heterocycles. The van der Waals surface area contributed by atoms with Crippen LogP contribution in [-0.2, 0) is 0 Å². The topological polar surface area (TPSA) is 69.7 Å². The van der Waals surface area contributed by atoms with E-state index in [1.54, 1.807) is 38.5 Å². The van der Waals surface area contributed by atoms with Gasteiger partial charge in [-0.2, -0.15) is 0 Å². The molecule has 27 heavy (non-hydrogen) atoms. The van der Waals surface area contributed by atoms with Crippen LogP contribution in [0.2, 0.25) is 0 Å². The number of methoxy groups -OCH3 is 2. The van der Waals surface area contributed by atoms with Gasteiger partial charge < -0.3 is 14.2 Å². The lowest BCUT2D eigenvalue weighted by molar-refractivity contribution is 0.102. The third kappa shape index (κ3) is 4.38. The average Bonchev–Trinajstić information content (AvgIpc) is 3.16. The maximum absolute atomic E-state index is 12.4. The summed E-state index contributed by atoms with van der Waals surface area (Å²) in [7, 11) is 3.18. The number of carbonyl (C=O) groups is 1. The number of hydrogen-bond acceptors (Lipinski definition) is 6. The molecule has 0 saturated heterocycles. The van der Waals surface area contributed by atoms with E-state index in [2.05, 4.69) is 10.3 Å². The fourth-order valence-electron chi connectivity index (χ4n) is 2.50. The summed E-state index contributed by atoms with van der Waals surface area (Å²) in [5.74, 6) is 1.80.